The molecule has 0 aliphatic rings. The monoisotopic (exact) mass is 150 g/mol. The van der Waals surface area contributed by atoms with E-state index in [0.29, 0.717) is 0 Å². The van der Waals surface area contributed by atoms with Crippen LogP contribution >= 0.6 is 0 Å². The molecule has 0 bridgehead atoms. The number of aliphatic hydroxyl groups is 3. The molecule has 0 heterocycles. The standard InChI is InChI=1S/C3H8O2.C2H6O.C2H4/c1-3(5)2-4;1-2-3;1-2/h3-5H,2H2,1H3;3H,2H2,1H3;1-2H2. The van der Waals surface area contributed by atoms with E-state index in [-0.39, 0.29) is 13.2 Å². The highest BCUT2D eigenvalue weighted by Gasteiger charge is 1.83. The first-order chi connectivity index (χ1) is 4.68. The van der Waals surface area contributed by atoms with Crippen LogP contribution in [0, 0.1) is 0 Å². The van der Waals surface area contributed by atoms with Gasteiger partial charge in [0.05, 0.1) is 12.7 Å². The van der Waals surface area contributed by atoms with Crippen LogP contribution < -0.4 is 0 Å². The summed E-state index contributed by atoms with van der Waals surface area (Å²) in [7, 11) is 0. The van der Waals surface area contributed by atoms with E-state index in [9.17, 15) is 0 Å². The highest BCUT2D eigenvalue weighted by Crippen LogP contribution is 1.68. The third-order valence-electron chi connectivity index (χ3n) is 0.264. The van der Waals surface area contributed by atoms with Crippen molar-refractivity contribution in [3.8, 4) is 0 Å². The van der Waals surface area contributed by atoms with E-state index in [1.165, 1.54) is 6.92 Å². The van der Waals surface area contributed by atoms with Gasteiger partial charge in [-0.3, -0.25) is 0 Å². The highest BCUT2D eigenvalue weighted by molar-refractivity contribution is 4.34. The molecule has 3 N–H and O–H groups in total. The topological polar surface area (TPSA) is 60.7 Å². The summed E-state index contributed by atoms with van der Waals surface area (Å²) >= 11 is 0. The molecule has 0 saturated carbocycles. The Bertz CT molecular complexity index is 37.8. The Morgan fingerprint density at radius 1 is 1.30 bits per heavy atom. The molecule has 0 aromatic heterocycles. The van der Waals surface area contributed by atoms with Gasteiger partial charge in [-0.1, -0.05) is 0 Å². The van der Waals surface area contributed by atoms with Gasteiger partial charge in [0.25, 0.3) is 0 Å². The van der Waals surface area contributed by atoms with Crippen LogP contribution in [-0.2, 0) is 0 Å². The first kappa shape index (κ1) is 16.3. The predicted molar refractivity (Wildman–Crippen MR) is 42.8 cm³/mol. The molecule has 0 rings (SSSR count). The van der Waals surface area contributed by atoms with Gasteiger partial charge in [0, 0.05) is 6.61 Å². The van der Waals surface area contributed by atoms with E-state index in [4.69, 9.17) is 15.3 Å². The normalized spacial score (nSPS) is 9.70. The zero-order valence-electron chi connectivity index (χ0n) is 6.75. The smallest absolute Gasteiger partial charge is 0.0742 e. The van der Waals surface area contributed by atoms with Gasteiger partial charge in [0.1, 0.15) is 0 Å². The molecule has 0 aliphatic heterocycles. The number of rotatable bonds is 1. The summed E-state index contributed by atoms with van der Waals surface area (Å²) < 4.78 is 0. The Balaban J connectivity index is -0.0000000847. The third-order valence-corrected chi connectivity index (χ3v) is 0.264. The molecule has 3 heteroatoms. The quantitative estimate of drug-likeness (QED) is 0.467. The van der Waals surface area contributed by atoms with Gasteiger partial charge in [0.15, 0.2) is 0 Å². The Labute approximate surface area is 62.6 Å². The lowest BCUT2D eigenvalue weighted by Gasteiger charge is -1.90. The van der Waals surface area contributed by atoms with Crippen molar-refractivity contribution in [3.63, 3.8) is 0 Å². The number of aliphatic hydroxyl groups excluding tert-OH is 3. The molecule has 0 saturated heterocycles. The zero-order chi connectivity index (χ0) is 8.99. The van der Waals surface area contributed by atoms with Gasteiger partial charge >= 0.3 is 0 Å². The Morgan fingerprint density at radius 2 is 1.40 bits per heavy atom. The van der Waals surface area contributed by atoms with Crippen LogP contribution in [-0.4, -0.2) is 34.6 Å². The molecule has 0 spiro atoms. The molecule has 0 amide bonds. The summed E-state index contributed by atoms with van der Waals surface area (Å²) in [6, 6.07) is 0. The van der Waals surface area contributed by atoms with Crippen molar-refractivity contribution >= 4 is 0 Å². The van der Waals surface area contributed by atoms with Crippen LogP contribution in [0.4, 0.5) is 0 Å². The molecule has 1 atom stereocenters. The van der Waals surface area contributed by atoms with E-state index in [1.54, 1.807) is 6.92 Å². The van der Waals surface area contributed by atoms with Crippen molar-refractivity contribution in [2.75, 3.05) is 13.2 Å². The van der Waals surface area contributed by atoms with Crippen molar-refractivity contribution < 1.29 is 15.3 Å². The van der Waals surface area contributed by atoms with Gasteiger partial charge in [-0.05, 0) is 13.8 Å². The average molecular weight is 150 g/mol. The maximum atomic E-state index is 8.11. The fourth-order valence-corrected chi connectivity index (χ4v) is 0. The molecule has 1 unspecified atom stereocenters. The van der Waals surface area contributed by atoms with Gasteiger partial charge in [-0.25, -0.2) is 0 Å². The lowest BCUT2D eigenvalue weighted by atomic mass is 10.5. The minimum atomic E-state index is -0.560. The molecule has 10 heavy (non-hydrogen) atoms. The summed E-state index contributed by atoms with van der Waals surface area (Å²) in [4.78, 5) is 0. The van der Waals surface area contributed by atoms with Crippen molar-refractivity contribution in [1.82, 2.24) is 0 Å². The lowest BCUT2D eigenvalue weighted by Crippen LogP contribution is -2.03. The van der Waals surface area contributed by atoms with E-state index in [2.05, 4.69) is 13.2 Å². The summed E-state index contributed by atoms with van der Waals surface area (Å²) in [6.45, 7) is 9.32. The van der Waals surface area contributed by atoms with Gasteiger partial charge in [-0.15, -0.1) is 13.2 Å². The fraction of sp³-hybridized carbons (Fsp3) is 0.714. The van der Waals surface area contributed by atoms with E-state index < -0.39 is 6.10 Å². The minimum absolute atomic E-state index is 0.139. The summed E-state index contributed by atoms with van der Waals surface area (Å²) in [6.07, 6.45) is -0.560. The second kappa shape index (κ2) is 23.4. The molecule has 0 aromatic carbocycles. The lowest BCUT2D eigenvalue weighted by molar-refractivity contribution is 0.110. The summed E-state index contributed by atoms with van der Waals surface area (Å²) in [5, 5.41) is 23.6. The van der Waals surface area contributed by atoms with E-state index in [1.807, 2.05) is 0 Å². The zero-order valence-corrected chi connectivity index (χ0v) is 6.75. The van der Waals surface area contributed by atoms with Gasteiger partial charge in [-0.2, -0.15) is 0 Å². The van der Waals surface area contributed by atoms with Crippen LogP contribution in [0.25, 0.3) is 0 Å². The second-order valence-electron chi connectivity index (χ2n) is 1.35. The van der Waals surface area contributed by atoms with E-state index >= 15 is 0 Å². The van der Waals surface area contributed by atoms with Gasteiger partial charge < -0.3 is 15.3 Å². The number of hydrogen-bond donors (Lipinski definition) is 3. The average Bonchev–Trinajstić information content (AvgIpc) is 1.94. The Hall–Kier alpha value is -0.380. The summed E-state index contributed by atoms with van der Waals surface area (Å²) in [5.74, 6) is 0. The van der Waals surface area contributed by atoms with Crippen LogP contribution in [0.15, 0.2) is 13.2 Å². The van der Waals surface area contributed by atoms with Crippen molar-refractivity contribution in [3.05, 3.63) is 13.2 Å². The second-order valence-corrected chi connectivity index (χ2v) is 1.35. The van der Waals surface area contributed by atoms with Crippen LogP contribution in [0.3, 0.4) is 0 Å². The largest absolute Gasteiger partial charge is 0.397 e. The fourth-order valence-electron chi connectivity index (χ4n) is 0. The first-order valence-electron chi connectivity index (χ1n) is 3.08. The minimum Gasteiger partial charge on any atom is -0.397 e. The van der Waals surface area contributed by atoms with Gasteiger partial charge in [0.2, 0.25) is 0 Å². The molecular formula is C7H18O3. The maximum absolute atomic E-state index is 8.11. The molecule has 64 valence electrons. The SMILES string of the molecule is C=C.CC(O)CO.CCO. The Morgan fingerprint density at radius 3 is 1.40 bits per heavy atom. The van der Waals surface area contributed by atoms with Crippen LogP contribution in [0.5, 0.6) is 0 Å². The van der Waals surface area contributed by atoms with Crippen LogP contribution in [0.2, 0.25) is 0 Å². The molecule has 0 aromatic rings. The highest BCUT2D eigenvalue weighted by atomic mass is 16.3. The third kappa shape index (κ3) is 127. The van der Waals surface area contributed by atoms with Crippen molar-refractivity contribution in [2.45, 2.75) is 20.0 Å². The molecule has 0 radical (unpaired) electrons. The molecular weight excluding hydrogens is 132 g/mol. The maximum Gasteiger partial charge on any atom is 0.0742 e. The van der Waals surface area contributed by atoms with E-state index in [0.717, 1.165) is 0 Å². The predicted octanol–water partition coefficient (Wildman–Crippen LogP) is 0.160. The van der Waals surface area contributed by atoms with Crippen molar-refractivity contribution in [2.24, 2.45) is 0 Å². The van der Waals surface area contributed by atoms with Crippen LogP contribution in [0.1, 0.15) is 13.8 Å². The Kier molecular flexibility index (Phi) is 38.2. The van der Waals surface area contributed by atoms with Crippen molar-refractivity contribution in [1.29, 1.82) is 0 Å². The molecule has 3 nitrogen and oxygen atoms in total. The molecule has 0 aliphatic carbocycles. The first-order valence-corrected chi connectivity index (χ1v) is 3.08. The summed E-state index contributed by atoms with van der Waals surface area (Å²) in [5.41, 5.74) is 0. The number of hydrogen-bond acceptors (Lipinski definition) is 3. The molecule has 0 fully saturated rings.